The third-order valence-corrected chi connectivity index (χ3v) is 2.85. The Morgan fingerprint density at radius 2 is 2.06 bits per heavy atom. The van der Waals surface area contributed by atoms with Gasteiger partial charge in [-0.3, -0.25) is 4.79 Å². The van der Waals surface area contributed by atoms with Crippen molar-refractivity contribution < 1.29 is 4.79 Å². The van der Waals surface area contributed by atoms with Crippen molar-refractivity contribution >= 4 is 5.78 Å². The van der Waals surface area contributed by atoms with Crippen LogP contribution in [0.15, 0.2) is 30.3 Å². The Hall–Kier alpha value is -1.66. The van der Waals surface area contributed by atoms with Crippen LogP contribution in [0.1, 0.15) is 30.1 Å². The average Bonchev–Trinajstić information content (AvgIpc) is 2.39. The summed E-state index contributed by atoms with van der Waals surface area (Å²) in [6, 6.07) is 11.6. The highest BCUT2D eigenvalue weighted by atomic mass is 16.1. The molecule has 3 nitrogen and oxygen atoms in total. The summed E-state index contributed by atoms with van der Waals surface area (Å²) in [6.07, 6.45) is 1.40. The Labute approximate surface area is 109 Å². The first-order valence-corrected chi connectivity index (χ1v) is 6.30. The number of rotatable bonds is 7. The van der Waals surface area contributed by atoms with Crippen molar-refractivity contribution in [2.24, 2.45) is 5.92 Å². The Morgan fingerprint density at radius 1 is 1.39 bits per heavy atom. The molecule has 0 spiro atoms. The van der Waals surface area contributed by atoms with Crippen LogP contribution in [0.5, 0.6) is 0 Å². The van der Waals surface area contributed by atoms with E-state index in [2.05, 4.69) is 11.0 Å². The van der Waals surface area contributed by atoms with Crippen molar-refractivity contribution in [3.05, 3.63) is 35.9 Å². The molecule has 0 fully saturated rings. The van der Waals surface area contributed by atoms with Gasteiger partial charge < -0.3 is 4.90 Å². The molecular weight excluding hydrogens is 224 g/mol. The van der Waals surface area contributed by atoms with Gasteiger partial charge in [-0.25, -0.2) is 0 Å². The highest BCUT2D eigenvalue weighted by Crippen LogP contribution is 2.06. The zero-order valence-corrected chi connectivity index (χ0v) is 11.1. The lowest BCUT2D eigenvalue weighted by Gasteiger charge is -2.17. The summed E-state index contributed by atoms with van der Waals surface area (Å²) in [7, 11) is 1.99. The normalized spacial score (nSPS) is 12.1. The topological polar surface area (TPSA) is 44.1 Å². The minimum atomic E-state index is 0.0415. The van der Waals surface area contributed by atoms with Gasteiger partial charge in [-0.15, -0.1) is 0 Å². The number of carbonyl (C=O) groups excluding carboxylic acids is 1. The van der Waals surface area contributed by atoms with Crippen LogP contribution in [-0.2, 0) is 0 Å². The quantitative estimate of drug-likeness (QED) is 0.693. The molecule has 0 aliphatic rings. The molecule has 18 heavy (non-hydrogen) atoms. The van der Waals surface area contributed by atoms with Gasteiger partial charge in [0.05, 0.1) is 12.0 Å². The SMILES string of the molecule is CC(C#N)CN(C)CCCC(=O)c1ccccc1. The molecule has 0 aliphatic heterocycles. The van der Waals surface area contributed by atoms with Crippen LogP contribution in [0.25, 0.3) is 0 Å². The van der Waals surface area contributed by atoms with E-state index in [0.717, 1.165) is 25.1 Å². The first-order chi connectivity index (χ1) is 8.63. The van der Waals surface area contributed by atoms with Gasteiger partial charge in [0.15, 0.2) is 5.78 Å². The van der Waals surface area contributed by atoms with Gasteiger partial charge in [-0.05, 0) is 26.9 Å². The van der Waals surface area contributed by atoms with E-state index in [0.29, 0.717) is 6.42 Å². The van der Waals surface area contributed by atoms with Crippen molar-refractivity contribution in [3.63, 3.8) is 0 Å². The van der Waals surface area contributed by atoms with Crippen LogP contribution in [-0.4, -0.2) is 30.8 Å². The van der Waals surface area contributed by atoms with E-state index < -0.39 is 0 Å². The number of hydrogen-bond acceptors (Lipinski definition) is 3. The zero-order valence-electron chi connectivity index (χ0n) is 11.1. The molecule has 0 heterocycles. The molecule has 1 aromatic rings. The molecule has 0 saturated carbocycles. The van der Waals surface area contributed by atoms with E-state index in [-0.39, 0.29) is 11.7 Å². The van der Waals surface area contributed by atoms with Gasteiger partial charge in [-0.1, -0.05) is 30.3 Å². The lowest BCUT2D eigenvalue weighted by atomic mass is 10.1. The second kappa shape index (κ2) is 7.62. The standard InChI is InChI=1S/C15H20N2O/c1-13(11-16)12-17(2)10-6-9-15(18)14-7-4-3-5-8-14/h3-5,7-8,13H,6,9-10,12H2,1-2H3. The molecule has 0 bridgehead atoms. The lowest BCUT2D eigenvalue weighted by Crippen LogP contribution is -2.25. The summed E-state index contributed by atoms with van der Waals surface area (Å²) < 4.78 is 0. The average molecular weight is 244 g/mol. The molecule has 0 radical (unpaired) electrons. The number of nitriles is 1. The molecule has 1 rings (SSSR count). The maximum absolute atomic E-state index is 11.8. The van der Waals surface area contributed by atoms with Gasteiger partial charge in [0, 0.05) is 18.5 Å². The highest BCUT2D eigenvalue weighted by molar-refractivity contribution is 5.95. The lowest BCUT2D eigenvalue weighted by molar-refractivity contribution is 0.0976. The molecule has 0 N–H and O–H groups in total. The molecule has 0 aromatic heterocycles. The van der Waals surface area contributed by atoms with Crippen molar-refractivity contribution in [1.29, 1.82) is 5.26 Å². The van der Waals surface area contributed by atoms with Gasteiger partial charge in [-0.2, -0.15) is 5.26 Å². The smallest absolute Gasteiger partial charge is 0.162 e. The third kappa shape index (κ3) is 5.11. The number of hydrogen-bond donors (Lipinski definition) is 0. The number of ketones is 1. The fraction of sp³-hybridized carbons (Fsp3) is 0.467. The summed E-state index contributed by atoms with van der Waals surface area (Å²) in [6.45, 7) is 3.52. The van der Waals surface area contributed by atoms with Crippen LogP contribution in [0.3, 0.4) is 0 Å². The molecule has 96 valence electrons. The van der Waals surface area contributed by atoms with E-state index in [1.807, 2.05) is 44.3 Å². The molecule has 0 aliphatic carbocycles. The highest BCUT2D eigenvalue weighted by Gasteiger charge is 2.07. The maximum Gasteiger partial charge on any atom is 0.162 e. The Morgan fingerprint density at radius 3 is 2.67 bits per heavy atom. The summed E-state index contributed by atoms with van der Waals surface area (Å²) in [5.41, 5.74) is 0.783. The second-order valence-corrected chi connectivity index (χ2v) is 4.69. The fourth-order valence-corrected chi connectivity index (χ4v) is 1.88. The summed E-state index contributed by atoms with van der Waals surface area (Å²) >= 11 is 0. The van der Waals surface area contributed by atoms with Crippen molar-refractivity contribution in [1.82, 2.24) is 4.90 Å². The molecule has 1 atom stereocenters. The second-order valence-electron chi connectivity index (χ2n) is 4.69. The minimum Gasteiger partial charge on any atom is -0.305 e. The van der Waals surface area contributed by atoms with Crippen LogP contribution in [0.2, 0.25) is 0 Å². The largest absolute Gasteiger partial charge is 0.305 e. The Balaban J connectivity index is 2.26. The number of carbonyl (C=O) groups is 1. The zero-order chi connectivity index (χ0) is 13.4. The monoisotopic (exact) mass is 244 g/mol. The van der Waals surface area contributed by atoms with E-state index in [9.17, 15) is 4.79 Å². The molecule has 1 unspecified atom stereocenters. The summed E-state index contributed by atoms with van der Waals surface area (Å²) in [5, 5.41) is 8.72. The van der Waals surface area contributed by atoms with E-state index >= 15 is 0 Å². The molecule has 0 saturated heterocycles. The van der Waals surface area contributed by atoms with Gasteiger partial charge in [0.25, 0.3) is 0 Å². The van der Waals surface area contributed by atoms with Gasteiger partial charge in [0.2, 0.25) is 0 Å². The third-order valence-electron chi connectivity index (χ3n) is 2.85. The number of Topliss-reactive ketones (excluding diaryl/α,β-unsaturated/α-hetero) is 1. The summed E-state index contributed by atoms with van der Waals surface area (Å²) in [4.78, 5) is 13.9. The van der Waals surface area contributed by atoms with Crippen LogP contribution < -0.4 is 0 Å². The van der Waals surface area contributed by atoms with Gasteiger partial charge in [0.1, 0.15) is 0 Å². The first kappa shape index (κ1) is 14.4. The molecule has 1 aromatic carbocycles. The van der Waals surface area contributed by atoms with Crippen molar-refractivity contribution in [2.75, 3.05) is 20.1 Å². The Kier molecular flexibility index (Phi) is 6.10. The van der Waals surface area contributed by atoms with E-state index in [4.69, 9.17) is 5.26 Å². The van der Waals surface area contributed by atoms with Crippen molar-refractivity contribution in [3.8, 4) is 6.07 Å². The van der Waals surface area contributed by atoms with Crippen LogP contribution >= 0.6 is 0 Å². The molecule has 0 amide bonds. The fourth-order valence-electron chi connectivity index (χ4n) is 1.88. The molecular formula is C15H20N2O. The number of nitrogens with zero attached hydrogens (tertiary/aromatic N) is 2. The van der Waals surface area contributed by atoms with Crippen LogP contribution in [0, 0.1) is 17.2 Å². The minimum absolute atomic E-state index is 0.0415. The summed E-state index contributed by atoms with van der Waals surface area (Å²) in [5.74, 6) is 0.233. The first-order valence-electron chi connectivity index (χ1n) is 6.30. The maximum atomic E-state index is 11.8. The molecule has 3 heteroatoms. The van der Waals surface area contributed by atoms with Crippen molar-refractivity contribution in [2.45, 2.75) is 19.8 Å². The predicted octanol–water partition coefficient (Wildman–Crippen LogP) is 2.74. The number of benzene rings is 1. The van der Waals surface area contributed by atoms with Gasteiger partial charge >= 0.3 is 0 Å². The van der Waals surface area contributed by atoms with E-state index in [1.54, 1.807) is 0 Å². The van der Waals surface area contributed by atoms with E-state index in [1.165, 1.54) is 0 Å². The Bertz CT molecular complexity index is 408. The van der Waals surface area contributed by atoms with Crippen LogP contribution in [0.4, 0.5) is 0 Å². The predicted molar refractivity (Wildman–Crippen MR) is 72.3 cm³/mol.